The van der Waals surface area contributed by atoms with E-state index < -0.39 is 0 Å². The van der Waals surface area contributed by atoms with Crippen molar-refractivity contribution in [2.45, 2.75) is 20.3 Å². The highest BCUT2D eigenvalue weighted by atomic mass is 15.0. The van der Waals surface area contributed by atoms with Crippen LogP contribution < -0.4 is 0 Å². The second kappa shape index (κ2) is 6.31. The van der Waals surface area contributed by atoms with Gasteiger partial charge in [-0.2, -0.15) is 0 Å². The minimum atomic E-state index is 0.942. The molecule has 5 rings (SSSR count). The molecule has 3 heteroatoms. The Hall–Kier alpha value is -3.46. The number of pyridine rings is 2. The molecule has 0 aliphatic heterocycles. The Bertz CT molecular complexity index is 1420. The third-order valence-corrected chi connectivity index (χ3v) is 5.43. The average molecular weight is 363 g/mol. The largest absolute Gasteiger partial charge is 0.292 e. The van der Waals surface area contributed by atoms with Gasteiger partial charge in [0.05, 0.1) is 22.1 Å². The topological polar surface area (TPSA) is 30.2 Å². The van der Waals surface area contributed by atoms with Gasteiger partial charge in [-0.05, 0) is 54.8 Å². The molecule has 28 heavy (non-hydrogen) atoms. The first-order chi connectivity index (χ1) is 13.7. The smallest absolute Gasteiger partial charge is 0.147 e. The molecule has 0 saturated heterocycles. The first kappa shape index (κ1) is 16.7. The molecule has 0 saturated carbocycles. The van der Waals surface area contributed by atoms with Crippen LogP contribution >= 0.6 is 0 Å². The molecule has 0 bridgehead atoms. The molecule has 0 aliphatic carbocycles. The third kappa shape index (κ3) is 2.36. The van der Waals surface area contributed by atoms with Crippen molar-refractivity contribution in [1.29, 1.82) is 0 Å². The summed E-state index contributed by atoms with van der Waals surface area (Å²) in [6.45, 7) is 8.44. The number of aromatic nitrogens is 3. The van der Waals surface area contributed by atoms with Crippen LogP contribution in [0.2, 0.25) is 0 Å². The van der Waals surface area contributed by atoms with E-state index in [-0.39, 0.29) is 0 Å². The highest BCUT2D eigenvalue weighted by molar-refractivity contribution is 6.15. The van der Waals surface area contributed by atoms with E-state index in [0.29, 0.717) is 0 Å². The van der Waals surface area contributed by atoms with Gasteiger partial charge in [0.25, 0.3) is 0 Å². The molecular formula is C25H21N3. The van der Waals surface area contributed by atoms with Crippen LogP contribution in [0.25, 0.3) is 44.1 Å². The summed E-state index contributed by atoms with van der Waals surface area (Å²) >= 11 is 0. The molecule has 0 fully saturated rings. The van der Waals surface area contributed by atoms with Crippen molar-refractivity contribution in [3.8, 4) is 0 Å². The maximum absolute atomic E-state index is 4.92. The Labute approximate surface area is 163 Å². The number of hydrogen-bond donors (Lipinski definition) is 0. The van der Waals surface area contributed by atoms with Crippen molar-refractivity contribution in [3.05, 3.63) is 84.6 Å². The van der Waals surface area contributed by atoms with Gasteiger partial charge in [0, 0.05) is 17.0 Å². The maximum Gasteiger partial charge on any atom is 0.147 e. The lowest BCUT2D eigenvalue weighted by Crippen LogP contribution is -1.96. The van der Waals surface area contributed by atoms with Gasteiger partial charge < -0.3 is 0 Å². The number of para-hydroxylation sites is 2. The number of fused-ring (bicyclic) bond motifs is 8. The van der Waals surface area contributed by atoms with Crippen LogP contribution in [0.1, 0.15) is 25.8 Å². The molecule has 0 aliphatic rings. The lowest BCUT2D eigenvalue weighted by Gasteiger charge is -2.13. The van der Waals surface area contributed by atoms with E-state index in [0.717, 1.165) is 50.5 Å². The number of hydrogen-bond acceptors (Lipinski definition) is 2. The Morgan fingerprint density at radius 2 is 1.86 bits per heavy atom. The summed E-state index contributed by atoms with van der Waals surface area (Å²) < 4.78 is 2.26. The Morgan fingerprint density at radius 1 is 1.04 bits per heavy atom. The maximum atomic E-state index is 4.92. The molecule has 3 heterocycles. The van der Waals surface area contributed by atoms with Gasteiger partial charge in [-0.25, -0.2) is 4.98 Å². The van der Waals surface area contributed by atoms with E-state index >= 15 is 0 Å². The van der Waals surface area contributed by atoms with Crippen molar-refractivity contribution in [2.24, 2.45) is 0 Å². The fourth-order valence-corrected chi connectivity index (χ4v) is 4.03. The van der Waals surface area contributed by atoms with Crippen molar-refractivity contribution < 1.29 is 0 Å². The monoisotopic (exact) mass is 363 g/mol. The van der Waals surface area contributed by atoms with E-state index in [4.69, 9.17) is 9.97 Å². The predicted molar refractivity (Wildman–Crippen MR) is 119 cm³/mol. The quantitative estimate of drug-likeness (QED) is 0.268. The zero-order valence-corrected chi connectivity index (χ0v) is 16.1. The van der Waals surface area contributed by atoms with Gasteiger partial charge in [-0.15, -0.1) is 0 Å². The molecule has 3 nitrogen and oxygen atoms in total. The zero-order valence-electron chi connectivity index (χ0n) is 16.1. The number of rotatable bonds is 3. The second-order valence-corrected chi connectivity index (χ2v) is 7.20. The van der Waals surface area contributed by atoms with Crippen LogP contribution in [0.5, 0.6) is 0 Å². The van der Waals surface area contributed by atoms with E-state index in [1.807, 2.05) is 18.3 Å². The van der Waals surface area contributed by atoms with Crippen molar-refractivity contribution >= 4 is 44.1 Å². The van der Waals surface area contributed by atoms with Crippen LogP contribution in [0.3, 0.4) is 0 Å². The molecule has 0 spiro atoms. The number of benzene rings is 2. The molecule has 2 aromatic carbocycles. The van der Waals surface area contributed by atoms with Crippen LogP contribution in [-0.4, -0.2) is 14.4 Å². The van der Waals surface area contributed by atoms with Gasteiger partial charge in [0.15, 0.2) is 0 Å². The fraction of sp³-hybridized carbons (Fsp3) is 0.120. The van der Waals surface area contributed by atoms with Gasteiger partial charge in [-0.3, -0.25) is 9.38 Å². The summed E-state index contributed by atoms with van der Waals surface area (Å²) in [5.74, 6) is 0. The van der Waals surface area contributed by atoms with E-state index in [2.05, 4.69) is 73.4 Å². The summed E-state index contributed by atoms with van der Waals surface area (Å²) in [6.07, 6.45) is 4.99. The minimum Gasteiger partial charge on any atom is -0.292 e. The number of imidazole rings is 1. The molecule has 3 aromatic heterocycles. The molecule has 0 radical (unpaired) electrons. The second-order valence-electron chi connectivity index (χ2n) is 7.20. The van der Waals surface area contributed by atoms with Crippen molar-refractivity contribution in [3.63, 3.8) is 0 Å². The van der Waals surface area contributed by atoms with E-state index in [9.17, 15) is 0 Å². The molecule has 136 valence electrons. The van der Waals surface area contributed by atoms with Crippen molar-refractivity contribution in [1.82, 2.24) is 14.4 Å². The van der Waals surface area contributed by atoms with Gasteiger partial charge in [0.1, 0.15) is 5.65 Å². The highest BCUT2D eigenvalue weighted by Crippen LogP contribution is 2.35. The molecule has 0 amide bonds. The Kier molecular flexibility index (Phi) is 3.76. The van der Waals surface area contributed by atoms with Crippen LogP contribution in [-0.2, 0) is 0 Å². The van der Waals surface area contributed by atoms with E-state index in [1.165, 1.54) is 11.1 Å². The number of allylic oxidation sites excluding steroid dienone is 3. The molecule has 0 atom stereocenters. The number of nitrogens with zero attached hydrogens (tertiary/aromatic N) is 3. The Balaban J connectivity index is 2.04. The standard InChI is InChI=1S/C25H21N3/c1-4-16(2)15-17(3)18-9-7-13-22-23(18)24-19(10-8-14-26-24)25-27-20-11-5-6-12-21(20)28(22)25/h5-15H,2,4H2,1,3H3/b17-15+. The first-order valence-electron chi connectivity index (χ1n) is 9.62. The summed E-state index contributed by atoms with van der Waals surface area (Å²) in [5, 5.41) is 2.23. The van der Waals surface area contributed by atoms with Crippen LogP contribution in [0.4, 0.5) is 0 Å². The lowest BCUT2D eigenvalue weighted by molar-refractivity contribution is 1.16. The Morgan fingerprint density at radius 3 is 2.71 bits per heavy atom. The SMILES string of the molecule is C=C(/C=C(\C)c1cccc2c1c1ncccc1c1nc3ccccc3n21)CC. The van der Waals surface area contributed by atoms with Gasteiger partial charge in [0.2, 0.25) is 0 Å². The zero-order chi connectivity index (χ0) is 19.3. The minimum absolute atomic E-state index is 0.942. The van der Waals surface area contributed by atoms with Gasteiger partial charge >= 0.3 is 0 Å². The summed E-state index contributed by atoms with van der Waals surface area (Å²) in [5.41, 5.74) is 8.70. The summed E-state index contributed by atoms with van der Waals surface area (Å²) in [4.78, 5) is 9.69. The molecular weight excluding hydrogens is 342 g/mol. The van der Waals surface area contributed by atoms with Crippen LogP contribution in [0.15, 0.2) is 79.0 Å². The molecule has 0 unspecified atom stereocenters. The normalized spacial score (nSPS) is 12.4. The lowest BCUT2D eigenvalue weighted by atomic mass is 9.97. The molecule has 0 N–H and O–H groups in total. The predicted octanol–water partition coefficient (Wildman–Crippen LogP) is 6.56. The average Bonchev–Trinajstić information content (AvgIpc) is 3.13. The summed E-state index contributed by atoms with van der Waals surface area (Å²) in [6, 6.07) is 18.9. The van der Waals surface area contributed by atoms with E-state index in [1.54, 1.807) is 0 Å². The first-order valence-corrected chi connectivity index (χ1v) is 9.62. The van der Waals surface area contributed by atoms with Gasteiger partial charge in [-0.1, -0.05) is 49.4 Å². The highest BCUT2D eigenvalue weighted by Gasteiger charge is 2.16. The summed E-state index contributed by atoms with van der Waals surface area (Å²) in [7, 11) is 0. The van der Waals surface area contributed by atoms with Crippen LogP contribution in [0, 0.1) is 0 Å². The van der Waals surface area contributed by atoms with Crippen molar-refractivity contribution in [2.75, 3.05) is 0 Å². The molecule has 5 aromatic rings. The third-order valence-electron chi connectivity index (χ3n) is 5.43. The fourth-order valence-electron chi connectivity index (χ4n) is 4.03.